The summed E-state index contributed by atoms with van der Waals surface area (Å²) >= 11 is 7.91. The predicted octanol–water partition coefficient (Wildman–Crippen LogP) is 5.11. The lowest BCUT2D eigenvalue weighted by Crippen LogP contribution is -2.26. The average Bonchev–Trinajstić information content (AvgIpc) is 2.89. The minimum atomic E-state index is 0.507. The van der Waals surface area contributed by atoms with Gasteiger partial charge < -0.3 is 10.1 Å². The van der Waals surface area contributed by atoms with E-state index in [0.717, 1.165) is 23.9 Å². The highest BCUT2D eigenvalue weighted by molar-refractivity contribution is 7.16. The molecule has 1 atom stereocenters. The van der Waals surface area contributed by atoms with Crippen molar-refractivity contribution in [2.75, 3.05) is 13.2 Å². The summed E-state index contributed by atoms with van der Waals surface area (Å²) in [6.45, 7) is 1.95. The van der Waals surface area contributed by atoms with Gasteiger partial charge in [-0.05, 0) is 56.7 Å². The fourth-order valence-corrected chi connectivity index (χ4v) is 4.95. The number of ether oxygens (including phenoxy) is 1. The minimum absolute atomic E-state index is 0.507. The Kier molecular flexibility index (Phi) is 5.98. The molecule has 1 aromatic rings. The molecule has 1 fully saturated rings. The maximum absolute atomic E-state index is 6.16. The lowest BCUT2D eigenvalue weighted by molar-refractivity contribution is 0.0270. The molecule has 0 saturated heterocycles. The first-order chi connectivity index (χ1) is 10.3. The number of fused-ring (bicyclic) bond motifs is 1. The second-order valence-electron chi connectivity index (χ2n) is 6.31. The average molecular weight is 328 g/mol. The van der Waals surface area contributed by atoms with E-state index in [1.54, 1.807) is 11.3 Å². The van der Waals surface area contributed by atoms with Crippen LogP contribution in [0.15, 0.2) is 6.07 Å². The number of halogens is 1. The lowest BCUT2D eigenvalue weighted by atomic mass is 9.94. The van der Waals surface area contributed by atoms with Gasteiger partial charge in [-0.15, -0.1) is 11.3 Å². The molecule has 2 aliphatic rings. The highest BCUT2D eigenvalue weighted by Gasteiger charge is 2.22. The summed E-state index contributed by atoms with van der Waals surface area (Å²) in [6.07, 6.45) is 12.0. The number of rotatable bonds is 6. The Morgan fingerprint density at radius 3 is 2.90 bits per heavy atom. The topological polar surface area (TPSA) is 21.3 Å². The van der Waals surface area contributed by atoms with Crippen LogP contribution < -0.4 is 5.32 Å². The van der Waals surface area contributed by atoms with Gasteiger partial charge in [-0.1, -0.05) is 30.9 Å². The van der Waals surface area contributed by atoms with E-state index in [1.807, 2.05) is 0 Å². The Hall–Kier alpha value is -0.0900. The molecule has 0 aliphatic heterocycles. The van der Waals surface area contributed by atoms with Crippen molar-refractivity contribution in [1.29, 1.82) is 0 Å². The highest BCUT2D eigenvalue weighted by atomic mass is 35.5. The number of thiophene rings is 1. The molecule has 1 heterocycles. The van der Waals surface area contributed by atoms with Crippen molar-refractivity contribution in [2.24, 2.45) is 0 Å². The second-order valence-corrected chi connectivity index (χ2v) is 8.08. The molecule has 0 bridgehead atoms. The molecule has 1 N–H and O–H groups in total. The minimum Gasteiger partial charge on any atom is -0.378 e. The van der Waals surface area contributed by atoms with Crippen molar-refractivity contribution in [2.45, 2.75) is 69.9 Å². The number of aryl methyl sites for hydroxylation is 1. The molecule has 0 radical (unpaired) electrons. The second kappa shape index (κ2) is 7.96. The van der Waals surface area contributed by atoms with Gasteiger partial charge in [-0.2, -0.15) is 0 Å². The first-order valence-corrected chi connectivity index (χ1v) is 9.65. The summed E-state index contributed by atoms with van der Waals surface area (Å²) in [6, 6.07) is 2.67. The summed E-state index contributed by atoms with van der Waals surface area (Å²) in [7, 11) is 0. The Balaban J connectivity index is 1.36. The van der Waals surface area contributed by atoms with Crippen molar-refractivity contribution in [3.05, 3.63) is 20.8 Å². The number of hydrogen-bond acceptors (Lipinski definition) is 3. The zero-order chi connectivity index (χ0) is 14.5. The summed E-state index contributed by atoms with van der Waals surface area (Å²) in [5, 5.41) is 3.70. The standard InChI is InChI=1S/C17H26ClNOS/c18-17-12-14-15(8-4-9-16(14)21-17)19-10-5-11-20-13-6-2-1-3-7-13/h12-13,15,19H,1-11H2. The van der Waals surface area contributed by atoms with Crippen LogP contribution in [0.1, 0.15) is 67.8 Å². The van der Waals surface area contributed by atoms with E-state index in [2.05, 4.69) is 11.4 Å². The third kappa shape index (κ3) is 4.44. The van der Waals surface area contributed by atoms with E-state index in [0.29, 0.717) is 12.1 Å². The lowest BCUT2D eigenvalue weighted by Gasteiger charge is -2.24. The van der Waals surface area contributed by atoms with Crippen molar-refractivity contribution in [1.82, 2.24) is 5.32 Å². The van der Waals surface area contributed by atoms with Gasteiger partial charge >= 0.3 is 0 Å². The monoisotopic (exact) mass is 327 g/mol. The normalized spacial score (nSPS) is 23.2. The first kappa shape index (κ1) is 15.8. The van der Waals surface area contributed by atoms with Gasteiger partial charge in [0.05, 0.1) is 10.4 Å². The molecular formula is C17H26ClNOS. The van der Waals surface area contributed by atoms with Gasteiger partial charge in [-0.3, -0.25) is 0 Å². The zero-order valence-corrected chi connectivity index (χ0v) is 14.3. The molecule has 3 rings (SSSR count). The van der Waals surface area contributed by atoms with Crippen LogP contribution in [0.2, 0.25) is 4.34 Å². The molecule has 1 unspecified atom stereocenters. The number of hydrogen-bond donors (Lipinski definition) is 1. The summed E-state index contributed by atoms with van der Waals surface area (Å²) < 4.78 is 6.93. The molecule has 2 nitrogen and oxygen atoms in total. The third-order valence-corrected chi connectivity index (χ3v) is 6.04. The van der Waals surface area contributed by atoms with Crippen LogP contribution in [-0.2, 0) is 11.2 Å². The molecule has 0 aromatic carbocycles. The van der Waals surface area contributed by atoms with E-state index in [4.69, 9.17) is 16.3 Å². The molecular weight excluding hydrogens is 302 g/mol. The van der Waals surface area contributed by atoms with Gasteiger partial charge in [0, 0.05) is 17.5 Å². The van der Waals surface area contributed by atoms with E-state index < -0.39 is 0 Å². The Morgan fingerprint density at radius 2 is 2.05 bits per heavy atom. The van der Waals surface area contributed by atoms with Crippen LogP contribution in [0.5, 0.6) is 0 Å². The van der Waals surface area contributed by atoms with E-state index in [-0.39, 0.29) is 0 Å². The van der Waals surface area contributed by atoms with Gasteiger partial charge in [0.2, 0.25) is 0 Å². The molecule has 21 heavy (non-hydrogen) atoms. The third-order valence-electron chi connectivity index (χ3n) is 4.70. The van der Waals surface area contributed by atoms with Gasteiger partial charge in [0.15, 0.2) is 0 Å². The fraction of sp³-hybridized carbons (Fsp3) is 0.765. The summed E-state index contributed by atoms with van der Waals surface area (Å²) in [4.78, 5) is 1.49. The van der Waals surface area contributed by atoms with E-state index >= 15 is 0 Å². The van der Waals surface area contributed by atoms with Crippen molar-refractivity contribution >= 4 is 22.9 Å². The number of nitrogens with one attached hydrogen (secondary N) is 1. The van der Waals surface area contributed by atoms with Crippen LogP contribution in [0.25, 0.3) is 0 Å². The van der Waals surface area contributed by atoms with Gasteiger partial charge in [-0.25, -0.2) is 0 Å². The molecule has 2 aliphatic carbocycles. The predicted molar refractivity (Wildman–Crippen MR) is 90.5 cm³/mol. The molecule has 118 valence electrons. The maximum Gasteiger partial charge on any atom is 0.0934 e. The molecule has 1 aromatic heterocycles. The molecule has 1 saturated carbocycles. The quantitative estimate of drug-likeness (QED) is 0.733. The Bertz CT molecular complexity index is 442. The summed E-state index contributed by atoms with van der Waals surface area (Å²) in [5.41, 5.74) is 1.45. The molecule has 0 amide bonds. The van der Waals surface area contributed by atoms with Crippen molar-refractivity contribution in [3.63, 3.8) is 0 Å². The van der Waals surface area contributed by atoms with Gasteiger partial charge in [0.25, 0.3) is 0 Å². The van der Waals surface area contributed by atoms with Gasteiger partial charge in [0.1, 0.15) is 0 Å². The first-order valence-electron chi connectivity index (χ1n) is 8.46. The molecule has 0 spiro atoms. The van der Waals surface area contributed by atoms with Crippen LogP contribution in [0, 0.1) is 0 Å². The maximum atomic E-state index is 6.16. The highest BCUT2D eigenvalue weighted by Crippen LogP contribution is 2.37. The Labute approximate surface area is 137 Å². The van der Waals surface area contributed by atoms with E-state index in [1.165, 1.54) is 61.8 Å². The summed E-state index contributed by atoms with van der Waals surface area (Å²) in [5.74, 6) is 0. The zero-order valence-electron chi connectivity index (χ0n) is 12.7. The van der Waals surface area contributed by atoms with Crippen molar-refractivity contribution < 1.29 is 4.74 Å². The van der Waals surface area contributed by atoms with Crippen LogP contribution in [-0.4, -0.2) is 19.3 Å². The fourth-order valence-electron chi connectivity index (χ4n) is 3.56. The van der Waals surface area contributed by atoms with Crippen molar-refractivity contribution in [3.8, 4) is 0 Å². The van der Waals surface area contributed by atoms with E-state index in [9.17, 15) is 0 Å². The van der Waals surface area contributed by atoms with Crippen LogP contribution >= 0.6 is 22.9 Å². The SMILES string of the molecule is Clc1cc2c(s1)CCCC2NCCCOC1CCCCC1. The Morgan fingerprint density at radius 1 is 1.19 bits per heavy atom. The smallest absolute Gasteiger partial charge is 0.0934 e. The van der Waals surface area contributed by atoms with Crippen LogP contribution in [0.4, 0.5) is 0 Å². The largest absolute Gasteiger partial charge is 0.378 e. The molecule has 4 heteroatoms. The van der Waals surface area contributed by atoms with Crippen LogP contribution in [0.3, 0.4) is 0 Å².